The molecular formula is C9H8N2O2. The highest BCUT2D eigenvalue weighted by atomic mass is 16.2. The molecular weight excluding hydrogens is 168 g/mol. The van der Waals surface area contributed by atoms with Crippen LogP contribution in [0.1, 0.15) is 16.8 Å². The van der Waals surface area contributed by atoms with Gasteiger partial charge in [-0.25, -0.2) is 4.79 Å². The molecule has 0 bridgehead atoms. The van der Waals surface area contributed by atoms with E-state index in [2.05, 4.69) is 0 Å². The number of Topliss-reactive ketones (excluding diaryl/α,β-unsaturated/α-hetero) is 1. The van der Waals surface area contributed by atoms with Crippen molar-refractivity contribution < 1.29 is 14.7 Å². The molecule has 1 N–H and O–H groups in total. The number of carbonyl (C=O) groups is 2. The summed E-state index contributed by atoms with van der Waals surface area (Å²) in [6, 6.07) is 8.44. The fourth-order valence-electron chi connectivity index (χ4n) is 0.911. The molecule has 0 unspecified atom stereocenters. The zero-order chi connectivity index (χ0) is 9.68. The molecule has 0 saturated heterocycles. The Morgan fingerprint density at radius 2 is 1.85 bits per heavy atom. The van der Waals surface area contributed by atoms with Gasteiger partial charge in [-0.1, -0.05) is 30.3 Å². The van der Waals surface area contributed by atoms with Gasteiger partial charge >= 0.3 is 5.91 Å². The first-order valence-electron chi connectivity index (χ1n) is 3.75. The number of hydrogen-bond acceptors (Lipinski definition) is 2. The summed E-state index contributed by atoms with van der Waals surface area (Å²) in [4.78, 5) is 21.9. The van der Waals surface area contributed by atoms with E-state index < -0.39 is 5.91 Å². The van der Waals surface area contributed by atoms with Crippen LogP contribution in [0, 0.1) is 0 Å². The molecule has 0 aromatic heterocycles. The third-order valence-electron chi connectivity index (χ3n) is 1.54. The van der Waals surface area contributed by atoms with Crippen LogP contribution < -0.4 is 5.11 Å². The third-order valence-corrected chi connectivity index (χ3v) is 1.54. The van der Waals surface area contributed by atoms with Crippen LogP contribution in [-0.2, 0) is 4.79 Å². The maximum atomic E-state index is 11.2. The van der Waals surface area contributed by atoms with Gasteiger partial charge < -0.3 is 5.53 Å². The van der Waals surface area contributed by atoms with Crippen LogP contribution in [0.4, 0.5) is 0 Å². The molecule has 0 fully saturated rings. The summed E-state index contributed by atoms with van der Waals surface area (Å²) in [6.45, 7) is 0. The smallest absolute Gasteiger partial charge is 0.382 e. The summed E-state index contributed by atoms with van der Waals surface area (Å²) in [5.74, 6) is -1.01. The summed E-state index contributed by atoms with van der Waals surface area (Å²) < 4.78 is 0. The number of carbonyl (C=O) groups excluding carboxylic acids is 2. The van der Waals surface area contributed by atoms with Crippen molar-refractivity contribution >= 4 is 11.7 Å². The van der Waals surface area contributed by atoms with Gasteiger partial charge in [0.05, 0.1) is 0 Å². The Labute approximate surface area is 75.1 Å². The minimum Gasteiger partial charge on any atom is -0.499 e. The molecule has 0 aliphatic carbocycles. The van der Waals surface area contributed by atoms with Crippen molar-refractivity contribution in [3.8, 4) is 0 Å². The van der Waals surface area contributed by atoms with E-state index in [1.807, 2.05) is 0 Å². The van der Waals surface area contributed by atoms with Crippen LogP contribution in [-0.4, -0.2) is 11.7 Å². The zero-order valence-corrected chi connectivity index (χ0v) is 6.86. The van der Waals surface area contributed by atoms with Crippen LogP contribution in [0.15, 0.2) is 30.3 Å². The number of rotatable bonds is 3. The Morgan fingerprint density at radius 3 is 2.38 bits per heavy atom. The van der Waals surface area contributed by atoms with Crippen LogP contribution >= 0.6 is 0 Å². The molecule has 1 aromatic rings. The van der Waals surface area contributed by atoms with Crippen LogP contribution in [0.25, 0.3) is 5.53 Å². The van der Waals surface area contributed by atoms with Crippen molar-refractivity contribution in [1.82, 2.24) is 0 Å². The van der Waals surface area contributed by atoms with Crippen molar-refractivity contribution in [3.63, 3.8) is 0 Å². The summed E-state index contributed by atoms with van der Waals surface area (Å²) in [6.07, 6.45) is -0.333. The van der Waals surface area contributed by atoms with Gasteiger partial charge in [-0.05, 0) is 0 Å². The quantitative estimate of drug-likeness (QED) is 0.396. The molecule has 1 aromatic carbocycles. The van der Waals surface area contributed by atoms with Gasteiger partial charge in [0.2, 0.25) is 0 Å². The molecule has 0 heterocycles. The second-order valence-corrected chi connectivity index (χ2v) is 2.50. The topological polar surface area (TPSA) is 70.4 Å². The van der Waals surface area contributed by atoms with E-state index in [0.717, 1.165) is 0 Å². The molecule has 66 valence electrons. The largest absolute Gasteiger partial charge is 0.499 e. The van der Waals surface area contributed by atoms with Crippen molar-refractivity contribution in [3.05, 3.63) is 41.4 Å². The molecule has 1 rings (SSSR count). The van der Waals surface area contributed by atoms with Gasteiger partial charge in [0.15, 0.2) is 5.78 Å². The average Bonchev–Trinajstić information content (AvgIpc) is 2.19. The van der Waals surface area contributed by atoms with E-state index >= 15 is 0 Å². The molecule has 1 amide bonds. The average molecular weight is 176 g/mol. The highest BCUT2D eigenvalue weighted by Gasteiger charge is 2.12. The molecule has 13 heavy (non-hydrogen) atoms. The first kappa shape index (κ1) is 9.25. The first-order chi connectivity index (χ1) is 6.24. The predicted octanol–water partition coefficient (Wildman–Crippen LogP) is -0.112. The minimum atomic E-state index is -0.700. The van der Waals surface area contributed by atoms with E-state index in [9.17, 15) is 9.59 Å². The number of nitrogens with one attached hydrogen (secondary N) is 1. The predicted molar refractivity (Wildman–Crippen MR) is 44.7 cm³/mol. The van der Waals surface area contributed by atoms with Crippen molar-refractivity contribution in [2.45, 2.75) is 6.42 Å². The number of amides is 1. The van der Waals surface area contributed by atoms with Gasteiger partial charge in [0, 0.05) is 5.56 Å². The Kier molecular flexibility index (Phi) is 3.03. The Morgan fingerprint density at radius 1 is 1.23 bits per heavy atom. The van der Waals surface area contributed by atoms with Crippen LogP contribution in [0.2, 0.25) is 0 Å². The zero-order valence-electron chi connectivity index (χ0n) is 6.86. The highest BCUT2D eigenvalue weighted by molar-refractivity contribution is 6.05. The third kappa shape index (κ3) is 2.59. The monoisotopic (exact) mass is 176 g/mol. The highest BCUT2D eigenvalue weighted by Crippen LogP contribution is 2.01. The molecule has 4 heteroatoms. The minimum absolute atomic E-state index is 0.313. The van der Waals surface area contributed by atoms with E-state index in [1.165, 1.54) is 5.11 Å². The van der Waals surface area contributed by atoms with Crippen LogP contribution in [0.5, 0.6) is 0 Å². The number of benzene rings is 1. The summed E-state index contributed by atoms with van der Waals surface area (Å²) in [7, 11) is 0. The van der Waals surface area contributed by atoms with Crippen molar-refractivity contribution in [2.24, 2.45) is 0 Å². The molecule has 0 aliphatic rings. The molecule has 0 aliphatic heterocycles. The molecule has 4 nitrogen and oxygen atoms in total. The van der Waals surface area contributed by atoms with Crippen LogP contribution in [0.3, 0.4) is 0 Å². The molecule has 0 saturated carbocycles. The second kappa shape index (κ2) is 4.25. The van der Waals surface area contributed by atoms with E-state index in [-0.39, 0.29) is 12.2 Å². The van der Waals surface area contributed by atoms with Gasteiger partial charge in [0.25, 0.3) is 0 Å². The van der Waals surface area contributed by atoms with E-state index in [4.69, 9.17) is 5.53 Å². The lowest BCUT2D eigenvalue weighted by molar-refractivity contribution is -0.397. The van der Waals surface area contributed by atoms with Gasteiger partial charge in [-0.2, -0.15) is 0 Å². The fourth-order valence-corrected chi connectivity index (χ4v) is 0.911. The van der Waals surface area contributed by atoms with Crippen molar-refractivity contribution in [2.75, 3.05) is 0 Å². The number of nitrogens with zero attached hydrogens (tertiary/aromatic N) is 1. The maximum absolute atomic E-state index is 11.2. The van der Waals surface area contributed by atoms with Gasteiger partial charge in [-0.15, -0.1) is 0 Å². The van der Waals surface area contributed by atoms with Crippen molar-refractivity contribution in [1.29, 1.82) is 0 Å². The summed E-state index contributed by atoms with van der Waals surface area (Å²) in [5.41, 5.74) is 8.64. The number of hydrogen-bond donors (Lipinski definition) is 1. The van der Waals surface area contributed by atoms with E-state index in [1.54, 1.807) is 30.3 Å². The first-order valence-corrected chi connectivity index (χ1v) is 3.75. The summed E-state index contributed by atoms with van der Waals surface area (Å²) in [5, 5.41) is 1.41. The summed E-state index contributed by atoms with van der Waals surface area (Å²) >= 11 is 0. The Hall–Kier alpha value is -1.84. The lowest BCUT2D eigenvalue weighted by Crippen LogP contribution is -2.68. The lowest BCUT2D eigenvalue weighted by Gasteiger charge is -1.94. The standard InChI is InChI=1S/C9H8N2O2/c10-11-9(13)6-8(12)7-4-2-1-3-5-7/h1-5,11H,6H2. The normalized spacial score (nSPS) is 9.23. The second-order valence-electron chi connectivity index (χ2n) is 2.50. The maximum Gasteiger partial charge on any atom is 0.382 e. The molecule has 0 spiro atoms. The fraction of sp³-hybridized carbons (Fsp3) is 0.111. The Balaban J connectivity index is 2.70. The SMILES string of the molecule is [N-]=[NH+]C(=O)CC(=O)c1ccccc1. The molecule has 0 radical (unpaired) electrons. The van der Waals surface area contributed by atoms with Gasteiger partial charge in [0.1, 0.15) is 6.42 Å². The number of ketones is 1. The molecule has 0 atom stereocenters. The van der Waals surface area contributed by atoms with Gasteiger partial charge in [-0.3, -0.25) is 9.91 Å². The van der Waals surface area contributed by atoms with E-state index in [0.29, 0.717) is 5.56 Å². The lowest BCUT2D eigenvalue weighted by atomic mass is 10.1. The Bertz CT molecular complexity index is 333.